The summed E-state index contributed by atoms with van der Waals surface area (Å²) >= 11 is 1.60. The minimum Gasteiger partial charge on any atom is -0.497 e. The quantitative estimate of drug-likeness (QED) is 0.413. The summed E-state index contributed by atoms with van der Waals surface area (Å²) < 4.78 is 71.0. The van der Waals surface area contributed by atoms with Crippen LogP contribution in [-0.4, -0.2) is 49.8 Å². The third kappa shape index (κ3) is 4.46. The molecule has 2 bridgehead atoms. The summed E-state index contributed by atoms with van der Waals surface area (Å²) in [5, 5.41) is 0.900. The van der Waals surface area contributed by atoms with Crippen LogP contribution in [0, 0.1) is 17.3 Å². The maximum Gasteiger partial charge on any atom is 0.402 e. The zero-order chi connectivity index (χ0) is 26.0. The van der Waals surface area contributed by atoms with Crippen LogP contribution in [0.5, 0.6) is 5.75 Å². The molecular formula is C27H27F3N2O3S2. The molecule has 5 nitrogen and oxygen atoms in total. The molecular weight excluding hydrogens is 521 g/mol. The predicted molar refractivity (Wildman–Crippen MR) is 137 cm³/mol. The van der Waals surface area contributed by atoms with Gasteiger partial charge in [-0.2, -0.15) is 17.5 Å². The Hall–Kier alpha value is -2.43. The van der Waals surface area contributed by atoms with Crippen molar-refractivity contribution in [2.45, 2.75) is 31.9 Å². The molecule has 0 radical (unpaired) electrons. The Bertz CT molecular complexity index is 1440. The van der Waals surface area contributed by atoms with E-state index in [1.165, 1.54) is 5.56 Å². The normalized spacial score (nSPS) is 26.8. The number of aromatic nitrogens is 1. The van der Waals surface area contributed by atoms with E-state index in [9.17, 15) is 21.6 Å². The maximum atomic E-state index is 13.1. The van der Waals surface area contributed by atoms with Gasteiger partial charge in [0.1, 0.15) is 17.3 Å². The van der Waals surface area contributed by atoms with Gasteiger partial charge in [0.25, 0.3) is 0 Å². The van der Waals surface area contributed by atoms with Gasteiger partial charge in [-0.15, -0.1) is 11.3 Å². The summed E-state index contributed by atoms with van der Waals surface area (Å²) in [7, 11) is -2.30. The highest BCUT2D eigenvalue weighted by molar-refractivity contribution is 7.89. The first kappa shape index (κ1) is 24.9. The van der Waals surface area contributed by atoms with E-state index in [0.717, 1.165) is 45.2 Å². The third-order valence-corrected chi connectivity index (χ3v) is 11.5. The monoisotopic (exact) mass is 548 g/mol. The van der Waals surface area contributed by atoms with Crippen LogP contribution in [0.15, 0.2) is 48.7 Å². The van der Waals surface area contributed by atoms with Gasteiger partial charge in [0.15, 0.2) is 0 Å². The Labute approximate surface area is 218 Å². The van der Waals surface area contributed by atoms with Crippen molar-refractivity contribution in [3.05, 3.63) is 59.8 Å². The third-order valence-electron chi connectivity index (χ3n) is 8.43. The number of hydrogen-bond donors (Lipinski definition) is 0. The number of rotatable bonds is 4. The van der Waals surface area contributed by atoms with Crippen molar-refractivity contribution in [1.29, 1.82) is 0 Å². The molecule has 0 unspecified atom stereocenters. The lowest BCUT2D eigenvalue weighted by Gasteiger charge is -2.33. The molecule has 3 aromatic rings. The number of hydrogen-bond acceptors (Lipinski definition) is 5. The van der Waals surface area contributed by atoms with Crippen LogP contribution in [-0.2, 0) is 22.9 Å². The molecule has 1 saturated carbocycles. The van der Waals surface area contributed by atoms with Crippen LogP contribution in [0.4, 0.5) is 13.2 Å². The van der Waals surface area contributed by atoms with Crippen LogP contribution >= 0.6 is 11.3 Å². The number of alkyl halides is 3. The summed E-state index contributed by atoms with van der Waals surface area (Å²) in [6.45, 7) is -1.42. The van der Waals surface area contributed by atoms with Gasteiger partial charge in [0.2, 0.25) is 10.0 Å². The summed E-state index contributed by atoms with van der Waals surface area (Å²) in [6.07, 6.45) is 0.422. The molecule has 2 heterocycles. The van der Waals surface area contributed by atoms with Gasteiger partial charge in [-0.1, -0.05) is 12.1 Å². The fourth-order valence-corrected chi connectivity index (χ4v) is 9.77. The van der Waals surface area contributed by atoms with E-state index < -0.39 is 28.2 Å². The highest BCUT2D eigenvalue weighted by Crippen LogP contribution is 2.57. The highest BCUT2D eigenvalue weighted by Gasteiger charge is 2.60. The first-order valence-corrected chi connectivity index (χ1v) is 14.8. The SMILES string of the molecule is COc1ccc(-c2cnc(-c3ccc4c(c3)C[C@H]3CC[C@@H](C4)[C@]34CN(CC(F)(F)F)S(=O)(=O)C4)s2)cc1. The number of ether oxygens (including phenoxy) is 1. The average Bonchev–Trinajstić information content (AvgIpc) is 3.48. The second-order valence-corrected chi connectivity index (χ2v) is 13.5. The van der Waals surface area contributed by atoms with Crippen LogP contribution < -0.4 is 4.74 Å². The van der Waals surface area contributed by atoms with E-state index in [0.29, 0.717) is 17.1 Å². The molecule has 1 aromatic heterocycles. The average molecular weight is 549 g/mol. The molecule has 6 rings (SSSR count). The lowest BCUT2D eigenvalue weighted by atomic mass is 9.72. The number of methoxy groups -OCH3 is 1. The number of nitrogens with zero attached hydrogens (tertiary/aromatic N) is 2. The number of benzene rings is 2. The molecule has 2 fully saturated rings. The summed E-state index contributed by atoms with van der Waals surface area (Å²) in [5.74, 6) is 0.736. The molecule has 2 aromatic carbocycles. The van der Waals surface area contributed by atoms with Gasteiger partial charge in [0.05, 0.1) is 17.7 Å². The summed E-state index contributed by atoms with van der Waals surface area (Å²) in [4.78, 5) is 5.70. The van der Waals surface area contributed by atoms with Crippen LogP contribution in [0.25, 0.3) is 21.0 Å². The molecule has 0 N–H and O–H groups in total. The van der Waals surface area contributed by atoms with Gasteiger partial charge in [-0.25, -0.2) is 13.4 Å². The van der Waals surface area contributed by atoms with E-state index in [1.807, 2.05) is 30.5 Å². The number of sulfonamides is 1. The molecule has 10 heteroatoms. The zero-order valence-electron chi connectivity index (χ0n) is 20.3. The van der Waals surface area contributed by atoms with Crippen molar-refractivity contribution < 1.29 is 26.3 Å². The number of fused-ring (bicyclic) bond motifs is 1. The number of halogens is 3. The molecule has 1 spiro atoms. The zero-order valence-corrected chi connectivity index (χ0v) is 21.9. The van der Waals surface area contributed by atoms with Crippen molar-refractivity contribution >= 4 is 21.4 Å². The fourth-order valence-electron chi connectivity index (χ4n) is 6.65. The molecule has 0 amide bonds. The molecule has 2 aliphatic carbocycles. The molecule has 3 atom stereocenters. The number of thiazole rings is 1. The topological polar surface area (TPSA) is 59.5 Å². The molecule has 3 aliphatic rings. The predicted octanol–water partition coefficient (Wildman–Crippen LogP) is 5.80. The standard InChI is InChI=1S/C27H27F3N2O3S2/c1-35-23-8-4-17(5-9-23)24-13-31-25(36-24)19-3-2-18-11-21-6-7-22(12-20(18)10-19)26(21)14-32(15-27(28,29)30)37(33,34)16-26/h2-5,8-10,13,21-22H,6-7,11-12,14-16H2,1H3/t21-,22+,26+/m0/s1. The van der Waals surface area contributed by atoms with Gasteiger partial charge in [-0.05, 0) is 84.5 Å². The van der Waals surface area contributed by atoms with Crippen LogP contribution in [0.3, 0.4) is 0 Å². The summed E-state index contributed by atoms with van der Waals surface area (Å²) in [6, 6.07) is 14.1. The summed E-state index contributed by atoms with van der Waals surface area (Å²) in [5.41, 5.74) is 3.79. The van der Waals surface area contributed by atoms with Crippen molar-refractivity contribution in [3.8, 4) is 26.8 Å². The van der Waals surface area contributed by atoms with Crippen LogP contribution in [0.1, 0.15) is 24.0 Å². The fraction of sp³-hybridized carbons (Fsp3) is 0.444. The Morgan fingerprint density at radius 3 is 2.41 bits per heavy atom. The molecule has 1 aliphatic heterocycles. The Balaban J connectivity index is 1.27. The van der Waals surface area contributed by atoms with Gasteiger partial charge < -0.3 is 4.74 Å². The molecule has 1 saturated heterocycles. The minimum absolute atomic E-state index is 0.0251. The van der Waals surface area contributed by atoms with E-state index in [2.05, 4.69) is 23.2 Å². The Kier molecular flexibility index (Phi) is 5.93. The van der Waals surface area contributed by atoms with Crippen molar-refractivity contribution in [3.63, 3.8) is 0 Å². The van der Waals surface area contributed by atoms with E-state index >= 15 is 0 Å². The Morgan fingerprint density at radius 1 is 1.05 bits per heavy atom. The smallest absolute Gasteiger partial charge is 0.402 e. The van der Waals surface area contributed by atoms with E-state index in [1.54, 1.807) is 18.4 Å². The van der Waals surface area contributed by atoms with Crippen molar-refractivity contribution in [2.24, 2.45) is 17.3 Å². The maximum absolute atomic E-state index is 13.1. The minimum atomic E-state index is -4.54. The lowest BCUT2D eigenvalue weighted by Crippen LogP contribution is -2.40. The lowest BCUT2D eigenvalue weighted by molar-refractivity contribution is -0.137. The first-order valence-electron chi connectivity index (χ1n) is 12.3. The van der Waals surface area contributed by atoms with Gasteiger partial charge in [-0.3, -0.25) is 0 Å². The first-order chi connectivity index (χ1) is 17.6. The molecule has 196 valence electrons. The highest BCUT2D eigenvalue weighted by atomic mass is 32.2. The second kappa shape index (κ2) is 8.81. The van der Waals surface area contributed by atoms with Crippen molar-refractivity contribution in [1.82, 2.24) is 9.29 Å². The molecule has 37 heavy (non-hydrogen) atoms. The van der Waals surface area contributed by atoms with E-state index in [-0.39, 0.29) is 24.1 Å². The second-order valence-electron chi connectivity index (χ2n) is 10.5. The largest absolute Gasteiger partial charge is 0.497 e. The van der Waals surface area contributed by atoms with Gasteiger partial charge >= 0.3 is 6.18 Å². The van der Waals surface area contributed by atoms with Crippen molar-refractivity contribution in [2.75, 3.05) is 26.0 Å². The Morgan fingerprint density at radius 2 is 1.73 bits per heavy atom. The van der Waals surface area contributed by atoms with Gasteiger partial charge in [0, 0.05) is 23.7 Å². The van der Waals surface area contributed by atoms with E-state index in [4.69, 9.17) is 4.74 Å². The van der Waals surface area contributed by atoms with Crippen LogP contribution in [0.2, 0.25) is 0 Å².